The molecule has 11 heteroatoms. The second-order valence-corrected chi connectivity index (χ2v) is 8.81. The molecule has 0 bridgehead atoms. The van der Waals surface area contributed by atoms with E-state index in [0.717, 1.165) is 17.1 Å². The Balaban J connectivity index is 1.60. The third-order valence-corrected chi connectivity index (χ3v) is 6.22. The molecule has 2 aromatic heterocycles. The van der Waals surface area contributed by atoms with Crippen LogP contribution in [-0.4, -0.2) is 56.3 Å². The van der Waals surface area contributed by atoms with E-state index in [1.807, 2.05) is 34.9 Å². The van der Waals surface area contributed by atoms with Crippen molar-refractivity contribution in [2.75, 3.05) is 25.2 Å². The summed E-state index contributed by atoms with van der Waals surface area (Å²) in [6.07, 6.45) is 1.74. The molecule has 3 rings (SSSR count). The number of thioether (sulfide) groups is 1. The summed E-state index contributed by atoms with van der Waals surface area (Å²) in [4.78, 5) is 30.9. The molecular formula is C21H24N6O3S2. The van der Waals surface area contributed by atoms with Gasteiger partial charge in [-0.2, -0.15) is 0 Å². The first-order chi connectivity index (χ1) is 15.4. The monoisotopic (exact) mass is 472 g/mol. The van der Waals surface area contributed by atoms with Crippen LogP contribution in [0.3, 0.4) is 0 Å². The Hall–Kier alpha value is -3.18. The Labute approximate surface area is 194 Å². The highest BCUT2D eigenvalue weighted by atomic mass is 32.2. The van der Waals surface area contributed by atoms with Gasteiger partial charge in [0.05, 0.1) is 11.4 Å². The van der Waals surface area contributed by atoms with Crippen molar-refractivity contribution in [2.24, 2.45) is 0 Å². The molecule has 2 heterocycles. The number of hydrogen-bond acceptors (Lipinski definition) is 8. The van der Waals surface area contributed by atoms with Gasteiger partial charge in [0.2, 0.25) is 5.91 Å². The molecule has 0 unspecified atom stereocenters. The van der Waals surface area contributed by atoms with Crippen LogP contribution in [0.1, 0.15) is 21.2 Å². The number of carbonyl (C=O) groups excluding carboxylic acids is 2. The summed E-state index contributed by atoms with van der Waals surface area (Å²) in [6.45, 7) is 6.27. The van der Waals surface area contributed by atoms with Gasteiger partial charge in [-0.1, -0.05) is 47.4 Å². The maximum atomic E-state index is 12.4. The van der Waals surface area contributed by atoms with Crippen molar-refractivity contribution in [2.45, 2.75) is 25.2 Å². The third kappa shape index (κ3) is 5.95. The number of rotatable bonds is 10. The molecule has 2 amide bonds. The molecule has 0 fully saturated rings. The number of ether oxygens (including phenoxy) is 1. The van der Waals surface area contributed by atoms with Crippen molar-refractivity contribution in [1.29, 1.82) is 0 Å². The number of nitrogens with one attached hydrogen (secondary N) is 1. The summed E-state index contributed by atoms with van der Waals surface area (Å²) in [7, 11) is 3.35. The van der Waals surface area contributed by atoms with E-state index < -0.39 is 0 Å². The van der Waals surface area contributed by atoms with Crippen LogP contribution < -0.4 is 10.1 Å². The SMILES string of the molecule is C=CCn1c(COc2ccccc2)nnc1SCC(=O)Nc1nc(C)c(C(=O)N(C)C)s1. The molecule has 0 aliphatic carbocycles. The lowest BCUT2D eigenvalue weighted by Gasteiger charge is -2.09. The van der Waals surface area contributed by atoms with Gasteiger partial charge in [0.15, 0.2) is 16.1 Å². The number of carbonyl (C=O) groups is 2. The molecule has 0 aliphatic rings. The molecule has 1 aromatic carbocycles. The van der Waals surface area contributed by atoms with Gasteiger partial charge in [-0.15, -0.1) is 16.8 Å². The van der Waals surface area contributed by atoms with E-state index >= 15 is 0 Å². The van der Waals surface area contributed by atoms with E-state index in [0.29, 0.717) is 33.2 Å². The van der Waals surface area contributed by atoms with Crippen molar-refractivity contribution in [3.05, 3.63) is 59.4 Å². The predicted octanol–water partition coefficient (Wildman–Crippen LogP) is 3.24. The van der Waals surface area contributed by atoms with Gasteiger partial charge >= 0.3 is 0 Å². The van der Waals surface area contributed by atoms with Crippen molar-refractivity contribution in [1.82, 2.24) is 24.6 Å². The van der Waals surface area contributed by atoms with Crippen LogP contribution >= 0.6 is 23.1 Å². The first-order valence-electron chi connectivity index (χ1n) is 9.71. The highest BCUT2D eigenvalue weighted by Crippen LogP contribution is 2.24. The van der Waals surface area contributed by atoms with Crippen LogP contribution in [0.2, 0.25) is 0 Å². The summed E-state index contributed by atoms with van der Waals surface area (Å²) in [5, 5.41) is 12.1. The van der Waals surface area contributed by atoms with E-state index in [4.69, 9.17) is 4.74 Å². The lowest BCUT2D eigenvalue weighted by molar-refractivity contribution is -0.113. The average molecular weight is 473 g/mol. The first kappa shape index (κ1) is 23.5. The molecular weight excluding hydrogens is 448 g/mol. The zero-order valence-electron chi connectivity index (χ0n) is 18.1. The fourth-order valence-electron chi connectivity index (χ4n) is 2.65. The molecule has 0 aliphatic heterocycles. The fourth-order valence-corrected chi connectivity index (χ4v) is 4.42. The number of allylic oxidation sites excluding steroid dienone is 1. The first-order valence-corrected chi connectivity index (χ1v) is 11.5. The Morgan fingerprint density at radius 2 is 2.03 bits per heavy atom. The number of aromatic nitrogens is 4. The predicted molar refractivity (Wildman–Crippen MR) is 125 cm³/mol. The van der Waals surface area contributed by atoms with E-state index in [9.17, 15) is 9.59 Å². The number of para-hydroxylation sites is 1. The highest BCUT2D eigenvalue weighted by Gasteiger charge is 2.19. The minimum atomic E-state index is -0.247. The van der Waals surface area contributed by atoms with Crippen LogP contribution in [-0.2, 0) is 17.9 Å². The van der Waals surface area contributed by atoms with Gasteiger partial charge in [-0.3, -0.25) is 14.2 Å². The number of thiazole rings is 1. The summed E-state index contributed by atoms with van der Waals surface area (Å²) in [5.41, 5.74) is 0.588. The van der Waals surface area contributed by atoms with E-state index in [1.54, 1.807) is 27.1 Å². The van der Waals surface area contributed by atoms with Gasteiger partial charge in [0, 0.05) is 20.6 Å². The maximum absolute atomic E-state index is 12.4. The molecule has 168 valence electrons. The van der Waals surface area contributed by atoms with Crippen molar-refractivity contribution in [3.8, 4) is 5.75 Å². The summed E-state index contributed by atoms with van der Waals surface area (Å²) in [6, 6.07) is 9.44. The van der Waals surface area contributed by atoms with Crippen molar-refractivity contribution < 1.29 is 14.3 Å². The molecule has 3 aromatic rings. The molecule has 0 saturated carbocycles. The number of aryl methyl sites for hydroxylation is 1. The normalized spacial score (nSPS) is 10.6. The molecule has 32 heavy (non-hydrogen) atoms. The second kappa shape index (κ2) is 10.9. The fraction of sp³-hybridized carbons (Fsp3) is 0.286. The summed E-state index contributed by atoms with van der Waals surface area (Å²) in [5.74, 6) is 1.10. The summed E-state index contributed by atoms with van der Waals surface area (Å²) < 4.78 is 7.62. The van der Waals surface area contributed by atoms with Crippen LogP contribution in [0.5, 0.6) is 5.75 Å². The molecule has 0 spiro atoms. The maximum Gasteiger partial charge on any atom is 0.265 e. The van der Waals surface area contributed by atoms with Gasteiger partial charge < -0.3 is 15.0 Å². The number of nitrogens with zero attached hydrogens (tertiary/aromatic N) is 5. The lowest BCUT2D eigenvalue weighted by Crippen LogP contribution is -2.21. The Morgan fingerprint density at radius 3 is 2.72 bits per heavy atom. The molecule has 1 N–H and O–H groups in total. The van der Waals surface area contributed by atoms with E-state index in [1.165, 1.54) is 16.7 Å². The van der Waals surface area contributed by atoms with E-state index in [-0.39, 0.29) is 24.2 Å². The van der Waals surface area contributed by atoms with Gasteiger partial charge in [0.1, 0.15) is 17.2 Å². The minimum Gasteiger partial charge on any atom is -0.486 e. The molecule has 9 nitrogen and oxygen atoms in total. The van der Waals surface area contributed by atoms with Crippen LogP contribution in [0.25, 0.3) is 0 Å². The smallest absolute Gasteiger partial charge is 0.265 e. The molecule has 0 atom stereocenters. The van der Waals surface area contributed by atoms with E-state index in [2.05, 4.69) is 27.1 Å². The Bertz CT molecular complexity index is 1090. The topological polar surface area (TPSA) is 102 Å². The number of amides is 2. The second-order valence-electron chi connectivity index (χ2n) is 6.87. The quantitative estimate of drug-likeness (QED) is 0.357. The van der Waals surface area contributed by atoms with Gasteiger partial charge in [-0.25, -0.2) is 4.98 Å². The van der Waals surface area contributed by atoms with Crippen LogP contribution in [0.15, 0.2) is 48.1 Å². The zero-order valence-corrected chi connectivity index (χ0v) is 19.7. The number of anilines is 1. The zero-order chi connectivity index (χ0) is 23.1. The average Bonchev–Trinajstić information content (AvgIpc) is 3.33. The van der Waals surface area contributed by atoms with Crippen molar-refractivity contribution in [3.63, 3.8) is 0 Å². The van der Waals surface area contributed by atoms with Crippen molar-refractivity contribution >= 4 is 40.0 Å². The standard InChI is InChI=1S/C21H24N6O3S2/c1-5-11-27-16(12-30-15-9-7-6-8-10-15)24-25-21(27)31-13-17(28)23-20-22-14(2)18(32-20)19(29)26(3)4/h5-10H,1,11-13H2,2-4H3,(H,22,23,28). The Kier molecular flexibility index (Phi) is 8.01. The summed E-state index contributed by atoms with van der Waals surface area (Å²) >= 11 is 2.41. The molecule has 0 saturated heterocycles. The van der Waals surface area contributed by atoms with Crippen LogP contribution in [0, 0.1) is 6.92 Å². The number of hydrogen-bond donors (Lipinski definition) is 1. The molecule has 0 radical (unpaired) electrons. The highest BCUT2D eigenvalue weighted by molar-refractivity contribution is 7.99. The Morgan fingerprint density at radius 1 is 1.28 bits per heavy atom. The van der Waals surface area contributed by atoms with Crippen LogP contribution in [0.4, 0.5) is 5.13 Å². The largest absolute Gasteiger partial charge is 0.486 e. The number of benzene rings is 1. The van der Waals surface area contributed by atoms with Gasteiger partial charge in [-0.05, 0) is 19.1 Å². The third-order valence-electron chi connectivity index (χ3n) is 4.19. The minimum absolute atomic E-state index is 0.115. The lowest BCUT2D eigenvalue weighted by atomic mass is 10.3. The van der Waals surface area contributed by atoms with Gasteiger partial charge in [0.25, 0.3) is 5.91 Å².